The Kier molecular flexibility index (Phi) is 3.19. The lowest BCUT2D eigenvalue weighted by Gasteiger charge is -2.47. The highest BCUT2D eigenvalue weighted by molar-refractivity contribution is 7.20. The van der Waals surface area contributed by atoms with E-state index in [1.807, 2.05) is 0 Å². The van der Waals surface area contributed by atoms with E-state index in [2.05, 4.69) is 5.32 Å². The first-order valence-electron chi connectivity index (χ1n) is 7.47. The van der Waals surface area contributed by atoms with Gasteiger partial charge in [0.15, 0.2) is 0 Å². The van der Waals surface area contributed by atoms with Crippen LogP contribution in [-0.2, 0) is 11.0 Å². The molecule has 2 aliphatic heterocycles. The molecule has 2 saturated heterocycles. The number of rotatable bonds is 1. The van der Waals surface area contributed by atoms with Crippen LogP contribution in [0.3, 0.4) is 0 Å². The van der Waals surface area contributed by atoms with Crippen molar-refractivity contribution in [3.05, 3.63) is 34.7 Å². The van der Waals surface area contributed by atoms with E-state index in [4.69, 9.17) is 0 Å². The van der Waals surface area contributed by atoms with Gasteiger partial charge in [0, 0.05) is 24.2 Å². The smallest absolute Gasteiger partial charge is 0.347 e. The number of benzene rings is 1. The molecule has 126 valence electrons. The normalized spacial score (nSPS) is 19.6. The molecule has 2 aliphatic rings. The first-order valence-corrected chi connectivity index (χ1v) is 8.29. The number of fused-ring (bicyclic) bond motifs is 1. The summed E-state index contributed by atoms with van der Waals surface area (Å²) in [4.78, 5) is 25.9. The van der Waals surface area contributed by atoms with Crippen LogP contribution in [0.25, 0.3) is 10.1 Å². The molecule has 4 nitrogen and oxygen atoms in total. The molecule has 2 aromatic rings. The Morgan fingerprint density at radius 1 is 1.25 bits per heavy atom. The van der Waals surface area contributed by atoms with Crippen LogP contribution in [0.1, 0.15) is 28.1 Å². The summed E-state index contributed by atoms with van der Waals surface area (Å²) >= 11 is 1.19. The van der Waals surface area contributed by atoms with Gasteiger partial charge in [-0.2, -0.15) is 13.2 Å². The standard InChI is InChI=1S/C16H13F3N2O2S/c17-16(18,19)10-1-2-11-9(5-10)6-12(24-11)14(23)21-7-15(8-21)4-3-13(22)20-15/h1-2,5-6H,3-4,7-8H2,(H,20,22). The van der Waals surface area contributed by atoms with E-state index < -0.39 is 11.7 Å². The minimum Gasteiger partial charge on any atom is -0.347 e. The predicted octanol–water partition coefficient (Wildman–Crippen LogP) is 3.02. The average molecular weight is 354 g/mol. The zero-order chi connectivity index (χ0) is 17.1. The number of nitrogens with one attached hydrogen (secondary N) is 1. The monoisotopic (exact) mass is 354 g/mol. The summed E-state index contributed by atoms with van der Waals surface area (Å²) in [5, 5.41) is 3.32. The highest BCUT2D eigenvalue weighted by Gasteiger charge is 2.49. The summed E-state index contributed by atoms with van der Waals surface area (Å²) in [6.07, 6.45) is -3.20. The van der Waals surface area contributed by atoms with Crippen LogP contribution in [0.5, 0.6) is 0 Å². The molecule has 8 heteroatoms. The van der Waals surface area contributed by atoms with Crippen LogP contribution < -0.4 is 5.32 Å². The van der Waals surface area contributed by atoms with Crippen molar-refractivity contribution in [2.45, 2.75) is 24.6 Å². The number of alkyl halides is 3. The molecule has 24 heavy (non-hydrogen) atoms. The van der Waals surface area contributed by atoms with E-state index in [1.165, 1.54) is 23.5 Å². The SMILES string of the molecule is O=C1CCC2(CN(C(=O)c3cc4cc(C(F)(F)F)ccc4s3)C2)N1. The van der Waals surface area contributed by atoms with Gasteiger partial charge < -0.3 is 10.2 Å². The molecule has 0 atom stereocenters. The van der Waals surface area contributed by atoms with Crippen molar-refractivity contribution in [3.8, 4) is 0 Å². The van der Waals surface area contributed by atoms with Gasteiger partial charge in [0.05, 0.1) is 16.0 Å². The number of likely N-dealkylation sites (tertiary alicyclic amines) is 1. The number of halogens is 3. The van der Waals surface area contributed by atoms with Crippen molar-refractivity contribution in [3.63, 3.8) is 0 Å². The molecule has 1 aromatic carbocycles. The topological polar surface area (TPSA) is 49.4 Å². The number of hydrogen-bond acceptors (Lipinski definition) is 3. The lowest BCUT2D eigenvalue weighted by molar-refractivity contribution is -0.137. The third kappa shape index (κ3) is 2.45. The molecule has 4 rings (SSSR count). The number of nitrogens with zero attached hydrogens (tertiary/aromatic N) is 1. The maximum absolute atomic E-state index is 12.8. The Labute approximate surface area is 139 Å². The van der Waals surface area contributed by atoms with Crippen LogP contribution in [-0.4, -0.2) is 35.3 Å². The molecule has 1 N–H and O–H groups in total. The molecule has 3 heterocycles. The summed E-state index contributed by atoms with van der Waals surface area (Å²) in [5.41, 5.74) is -1.02. The molecule has 0 bridgehead atoms. The molecule has 1 spiro atoms. The summed E-state index contributed by atoms with van der Waals surface area (Å²) in [5.74, 6) is -0.194. The molecule has 0 aliphatic carbocycles. The summed E-state index contributed by atoms with van der Waals surface area (Å²) in [6.45, 7) is 0.916. The Morgan fingerprint density at radius 3 is 2.62 bits per heavy atom. The zero-order valence-electron chi connectivity index (χ0n) is 12.4. The van der Waals surface area contributed by atoms with Crippen LogP contribution in [0.15, 0.2) is 24.3 Å². The van der Waals surface area contributed by atoms with Crippen LogP contribution in [0.2, 0.25) is 0 Å². The number of carbonyl (C=O) groups excluding carboxylic acids is 2. The maximum Gasteiger partial charge on any atom is 0.416 e. The van der Waals surface area contributed by atoms with E-state index >= 15 is 0 Å². The average Bonchev–Trinajstić information content (AvgIpc) is 3.06. The van der Waals surface area contributed by atoms with Gasteiger partial charge in [-0.3, -0.25) is 9.59 Å². The quantitative estimate of drug-likeness (QED) is 0.856. The van der Waals surface area contributed by atoms with Gasteiger partial charge in [-0.1, -0.05) is 0 Å². The van der Waals surface area contributed by atoms with Crippen LogP contribution in [0, 0.1) is 0 Å². The van der Waals surface area contributed by atoms with Gasteiger partial charge in [0.1, 0.15) is 0 Å². The summed E-state index contributed by atoms with van der Waals surface area (Å²) < 4.78 is 39.0. The second-order valence-electron chi connectivity index (χ2n) is 6.35. The molecule has 2 fully saturated rings. The Balaban J connectivity index is 1.54. The zero-order valence-corrected chi connectivity index (χ0v) is 13.3. The molecular weight excluding hydrogens is 341 g/mol. The van der Waals surface area contributed by atoms with Crippen molar-refractivity contribution in [1.29, 1.82) is 0 Å². The largest absolute Gasteiger partial charge is 0.416 e. The van der Waals surface area contributed by atoms with Crippen molar-refractivity contribution in [2.75, 3.05) is 13.1 Å². The fourth-order valence-electron chi connectivity index (χ4n) is 3.32. The van der Waals surface area contributed by atoms with E-state index in [-0.39, 0.29) is 17.4 Å². The lowest BCUT2D eigenvalue weighted by Crippen LogP contribution is -2.68. The summed E-state index contributed by atoms with van der Waals surface area (Å²) in [6, 6.07) is 5.00. The molecular formula is C16H13F3N2O2S. The third-order valence-corrected chi connectivity index (χ3v) is 5.67. The van der Waals surface area contributed by atoms with Crippen LogP contribution >= 0.6 is 11.3 Å². The molecule has 0 radical (unpaired) electrons. The molecule has 0 unspecified atom stereocenters. The van der Waals surface area contributed by atoms with Crippen molar-refractivity contribution < 1.29 is 22.8 Å². The Bertz CT molecular complexity index is 853. The number of hydrogen-bond donors (Lipinski definition) is 1. The van der Waals surface area contributed by atoms with E-state index in [0.29, 0.717) is 34.5 Å². The number of thiophene rings is 1. The van der Waals surface area contributed by atoms with Gasteiger partial charge in [0.2, 0.25) is 5.91 Å². The highest BCUT2D eigenvalue weighted by atomic mass is 32.1. The molecule has 0 saturated carbocycles. The van der Waals surface area contributed by atoms with Gasteiger partial charge in [-0.05, 0) is 36.1 Å². The van der Waals surface area contributed by atoms with E-state index in [9.17, 15) is 22.8 Å². The van der Waals surface area contributed by atoms with Gasteiger partial charge in [0.25, 0.3) is 5.91 Å². The van der Waals surface area contributed by atoms with E-state index in [1.54, 1.807) is 4.90 Å². The minimum absolute atomic E-state index is 0.00337. The van der Waals surface area contributed by atoms with Gasteiger partial charge in [-0.25, -0.2) is 0 Å². The second-order valence-corrected chi connectivity index (χ2v) is 7.43. The maximum atomic E-state index is 12.8. The lowest BCUT2D eigenvalue weighted by atomic mass is 9.88. The number of amides is 2. The summed E-state index contributed by atoms with van der Waals surface area (Å²) in [7, 11) is 0. The highest BCUT2D eigenvalue weighted by Crippen LogP contribution is 2.36. The van der Waals surface area contributed by atoms with Gasteiger partial charge >= 0.3 is 6.18 Å². The molecule has 2 amide bonds. The first kappa shape index (κ1) is 15.4. The Morgan fingerprint density at radius 2 is 2.00 bits per heavy atom. The van der Waals surface area contributed by atoms with E-state index in [0.717, 1.165) is 18.6 Å². The van der Waals surface area contributed by atoms with Crippen molar-refractivity contribution in [2.24, 2.45) is 0 Å². The van der Waals surface area contributed by atoms with Crippen LogP contribution in [0.4, 0.5) is 13.2 Å². The van der Waals surface area contributed by atoms with Crippen molar-refractivity contribution >= 4 is 33.2 Å². The molecule has 1 aromatic heterocycles. The Hall–Kier alpha value is -2.09. The van der Waals surface area contributed by atoms with Crippen molar-refractivity contribution in [1.82, 2.24) is 10.2 Å². The minimum atomic E-state index is -4.40. The second kappa shape index (κ2) is 4.95. The number of carbonyl (C=O) groups is 2. The first-order chi connectivity index (χ1) is 11.3. The fraction of sp³-hybridized carbons (Fsp3) is 0.375. The predicted molar refractivity (Wildman–Crippen MR) is 82.8 cm³/mol. The fourth-order valence-corrected chi connectivity index (χ4v) is 4.33. The van der Waals surface area contributed by atoms with Gasteiger partial charge in [-0.15, -0.1) is 11.3 Å². The third-order valence-electron chi connectivity index (χ3n) is 4.56.